The van der Waals surface area contributed by atoms with Gasteiger partial charge in [-0.25, -0.2) is 4.98 Å². The van der Waals surface area contributed by atoms with Crippen LogP contribution in [0.25, 0.3) is 10.9 Å². The Kier molecular flexibility index (Phi) is 3.45. The molecule has 0 aliphatic rings. The van der Waals surface area contributed by atoms with Crippen molar-refractivity contribution >= 4 is 16.8 Å². The number of carbonyl (C=O) groups is 1. The fourth-order valence-corrected chi connectivity index (χ4v) is 2.08. The molecule has 0 aliphatic heterocycles. The van der Waals surface area contributed by atoms with E-state index in [1.807, 2.05) is 35.1 Å². The molecule has 3 rings (SSSR count). The molecule has 102 valence electrons. The zero-order chi connectivity index (χ0) is 13.8. The average Bonchev–Trinajstić information content (AvgIpc) is 3.12. The molecule has 0 bridgehead atoms. The van der Waals surface area contributed by atoms with Crippen LogP contribution < -0.4 is 5.32 Å². The largest absolute Gasteiger partial charge is 0.349 e. The monoisotopic (exact) mass is 269 g/mol. The first-order valence-corrected chi connectivity index (χ1v) is 6.48. The van der Waals surface area contributed by atoms with Crippen molar-refractivity contribution in [1.82, 2.24) is 25.1 Å². The molecular formula is C14H15N5O. The van der Waals surface area contributed by atoms with Crippen molar-refractivity contribution in [3.8, 4) is 0 Å². The molecule has 6 heteroatoms. The van der Waals surface area contributed by atoms with Crippen molar-refractivity contribution in [3.05, 3.63) is 48.7 Å². The number of nitrogens with one attached hydrogen (secondary N) is 2. The summed E-state index contributed by atoms with van der Waals surface area (Å²) in [5.74, 6) is 0.740. The summed E-state index contributed by atoms with van der Waals surface area (Å²) < 4.78 is 1.85. The number of imidazole rings is 1. The van der Waals surface area contributed by atoms with E-state index in [4.69, 9.17) is 0 Å². The molecule has 2 heterocycles. The number of carbonyl (C=O) groups excluding carboxylic acids is 1. The molecule has 0 unspecified atom stereocenters. The maximum absolute atomic E-state index is 11.8. The van der Waals surface area contributed by atoms with Gasteiger partial charge in [0.2, 0.25) is 5.91 Å². The number of benzene rings is 1. The molecular weight excluding hydrogens is 254 g/mol. The van der Waals surface area contributed by atoms with Gasteiger partial charge in [-0.3, -0.25) is 9.48 Å². The molecule has 20 heavy (non-hydrogen) atoms. The van der Waals surface area contributed by atoms with Crippen LogP contribution in [0.2, 0.25) is 0 Å². The minimum atomic E-state index is -0.0130. The molecule has 0 aliphatic carbocycles. The number of aromatic nitrogens is 4. The lowest BCUT2D eigenvalue weighted by Gasteiger charge is -2.05. The third-order valence-corrected chi connectivity index (χ3v) is 3.11. The van der Waals surface area contributed by atoms with Crippen LogP contribution >= 0.6 is 0 Å². The van der Waals surface area contributed by atoms with Gasteiger partial charge in [-0.2, -0.15) is 5.10 Å². The summed E-state index contributed by atoms with van der Waals surface area (Å²) in [5.41, 5.74) is 1.05. The summed E-state index contributed by atoms with van der Waals surface area (Å²) in [6.07, 6.45) is 5.61. The second kappa shape index (κ2) is 5.56. The molecule has 0 saturated heterocycles. The predicted octanol–water partition coefficient (Wildman–Crippen LogP) is 1.47. The summed E-state index contributed by atoms with van der Waals surface area (Å²) in [6.45, 7) is 0.989. The number of amides is 1. The highest BCUT2D eigenvalue weighted by Gasteiger charge is 2.06. The highest BCUT2D eigenvalue weighted by atomic mass is 16.1. The second-order valence-electron chi connectivity index (χ2n) is 4.49. The third-order valence-electron chi connectivity index (χ3n) is 3.11. The van der Waals surface area contributed by atoms with Gasteiger partial charge in [-0.05, 0) is 6.07 Å². The number of para-hydroxylation sites is 1. The van der Waals surface area contributed by atoms with Gasteiger partial charge in [-0.15, -0.1) is 0 Å². The molecule has 0 atom stereocenters. The molecule has 1 amide bonds. The lowest BCUT2D eigenvalue weighted by atomic mass is 10.2. The van der Waals surface area contributed by atoms with Crippen molar-refractivity contribution in [2.24, 2.45) is 0 Å². The van der Waals surface area contributed by atoms with E-state index in [2.05, 4.69) is 20.4 Å². The van der Waals surface area contributed by atoms with E-state index in [0.29, 0.717) is 19.5 Å². The van der Waals surface area contributed by atoms with Gasteiger partial charge in [0.15, 0.2) is 0 Å². The van der Waals surface area contributed by atoms with Crippen LogP contribution in [0, 0.1) is 0 Å². The lowest BCUT2D eigenvalue weighted by Crippen LogP contribution is -2.24. The van der Waals surface area contributed by atoms with E-state index in [9.17, 15) is 4.79 Å². The fourth-order valence-electron chi connectivity index (χ4n) is 2.08. The van der Waals surface area contributed by atoms with Gasteiger partial charge in [0.25, 0.3) is 0 Å². The zero-order valence-corrected chi connectivity index (χ0v) is 10.9. The van der Waals surface area contributed by atoms with Gasteiger partial charge >= 0.3 is 0 Å². The van der Waals surface area contributed by atoms with Crippen molar-refractivity contribution in [1.29, 1.82) is 0 Å². The van der Waals surface area contributed by atoms with Crippen LogP contribution in [-0.4, -0.2) is 25.7 Å². The van der Waals surface area contributed by atoms with E-state index < -0.39 is 0 Å². The molecule has 0 radical (unpaired) electrons. The van der Waals surface area contributed by atoms with E-state index in [0.717, 1.165) is 16.7 Å². The number of hydrogen-bond donors (Lipinski definition) is 2. The topological polar surface area (TPSA) is 75.6 Å². The Morgan fingerprint density at radius 2 is 2.25 bits per heavy atom. The second-order valence-corrected chi connectivity index (χ2v) is 4.49. The van der Waals surface area contributed by atoms with Crippen molar-refractivity contribution in [2.45, 2.75) is 19.5 Å². The number of aryl methyl sites for hydroxylation is 1. The summed E-state index contributed by atoms with van der Waals surface area (Å²) in [5, 5.41) is 8.20. The van der Waals surface area contributed by atoms with Crippen LogP contribution in [0.3, 0.4) is 0 Å². The average molecular weight is 269 g/mol. The first-order valence-electron chi connectivity index (χ1n) is 6.48. The van der Waals surface area contributed by atoms with Gasteiger partial charge in [0.1, 0.15) is 5.82 Å². The highest BCUT2D eigenvalue weighted by Crippen LogP contribution is 2.12. The van der Waals surface area contributed by atoms with Gasteiger partial charge < -0.3 is 10.3 Å². The lowest BCUT2D eigenvalue weighted by molar-refractivity contribution is -0.121. The SMILES string of the molecule is O=C(CCn1ncc2ccccc21)NCc1ncc[nH]1. The Hall–Kier alpha value is -2.63. The van der Waals surface area contributed by atoms with Crippen LogP contribution in [0.1, 0.15) is 12.2 Å². The Balaban J connectivity index is 1.55. The van der Waals surface area contributed by atoms with Crippen LogP contribution in [-0.2, 0) is 17.9 Å². The first kappa shape index (κ1) is 12.4. The highest BCUT2D eigenvalue weighted by molar-refractivity contribution is 5.79. The summed E-state index contributed by atoms with van der Waals surface area (Å²) in [7, 11) is 0. The number of fused-ring (bicyclic) bond motifs is 1. The predicted molar refractivity (Wildman–Crippen MR) is 74.8 cm³/mol. The summed E-state index contributed by atoms with van der Waals surface area (Å²) in [4.78, 5) is 18.8. The minimum Gasteiger partial charge on any atom is -0.349 e. The normalized spacial score (nSPS) is 10.8. The molecule has 3 aromatic rings. The maximum atomic E-state index is 11.8. The van der Waals surface area contributed by atoms with E-state index >= 15 is 0 Å². The molecule has 0 saturated carbocycles. The number of hydrogen-bond acceptors (Lipinski definition) is 3. The Morgan fingerprint density at radius 1 is 1.35 bits per heavy atom. The number of rotatable bonds is 5. The van der Waals surface area contributed by atoms with Crippen molar-refractivity contribution in [2.75, 3.05) is 0 Å². The smallest absolute Gasteiger partial charge is 0.222 e. The summed E-state index contributed by atoms with van der Waals surface area (Å²) in [6, 6.07) is 7.96. The standard InChI is InChI=1S/C14H15N5O/c20-14(17-10-13-15-6-7-16-13)5-8-19-12-4-2-1-3-11(12)9-18-19/h1-4,6-7,9H,5,8,10H2,(H,15,16)(H,17,20). The summed E-state index contributed by atoms with van der Waals surface area (Å²) >= 11 is 0. The van der Waals surface area contributed by atoms with Crippen molar-refractivity contribution < 1.29 is 4.79 Å². The van der Waals surface area contributed by atoms with E-state index in [1.54, 1.807) is 12.4 Å². The first-order chi connectivity index (χ1) is 9.83. The maximum Gasteiger partial charge on any atom is 0.222 e. The molecule has 0 spiro atoms. The molecule has 2 N–H and O–H groups in total. The quantitative estimate of drug-likeness (QED) is 0.736. The Bertz CT molecular complexity index is 701. The van der Waals surface area contributed by atoms with Crippen LogP contribution in [0.4, 0.5) is 0 Å². The van der Waals surface area contributed by atoms with E-state index in [-0.39, 0.29) is 5.91 Å². The third kappa shape index (κ3) is 2.69. The molecule has 0 fully saturated rings. The zero-order valence-electron chi connectivity index (χ0n) is 10.9. The van der Waals surface area contributed by atoms with Crippen LogP contribution in [0.15, 0.2) is 42.9 Å². The minimum absolute atomic E-state index is 0.0130. The Morgan fingerprint density at radius 3 is 3.10 bits per heavy atom. The van der Waals surface area contributed by atoms with Gasteiger partial charge in [0, 0.05) is 24.2 Å². The number of H-pyrrole nitrogens is 1. The molecule has 1 aromatic carbocycles. The van der Waals surface area contributed by atoms with Crippen molar-refractivity contribution in [3.63, 3.8) is 0 Å². The fraction of sp³-hybridized carbons (Fsp3) is 0.214. The van der Waals surface area contributed by atoms with Gasteiger partial charge in [-0.1, -0.05) is 18.2 Å². The van der Waals surface area contributed by atoms with Gasteiger partial charge in [0.05, 0.1) is 24.8 Å². The van der Waals surface area contributed by atoms with E-state index in [1.165, 1.54) is 0 Å². The Labute approximate surface area is 115 Å². The number of nitrogens with zero attached hydrogens (tertiary/aromatic N) is 3. The van der Waals surface area contributed by atoms with Crippen LogP contribution in [0.5, 0.6) is 0 Å². The number of aromatic amines is 1. The molecule has 2 aromatic heterocycles. The molecule has 6 nitrogen and oxygen atoms in total.